The van der Waals surface area contributed by atoms with Crippen LogP contribution in [0.25, 0.3) is 0 Å². The summed E-state index contributed by atoms with van der Waals surface area (Å²) >= 11 is 0. The van der Waals surface area contributed by atoms with Crippen molar-refractivity contribution in [1.82, 2.24) is 10.2 Å². The van der Waals surface area contributed by atoms with E-state index in [1.165, 1.54) is 7.11 Å². The second kappa shape index (κ2) is 8.23. The van der Waals surface area contributed by atoms with Gasteiger partial charge in [0.15, 0.2) is 11.5 Å². The van der Waals surface area contributed by atoms with E-state index in [1.54, 1.807) is 14.0 Å². The van der Waals surface area contributed by atoms with Gasteiger partial charge in [0.05, 0.1) is 37.5 Å². The van der Waals surface area contributed by atoms with Crippen molar-refractivity contribution in [2.24, 2.45) is 11.7 Å². The van der Waals surface area contributed by atoms with Crippen LogP contribution in [0.15, 0.2) is 22.6 Å². The molecule has 2 saturated heterocycles. The number of Topliss-reactive ketones (excluding diaryl/α,β-unsaturated/α-hetero) is 2. The van der Waals surface area contributed by atoms with Gasteiger partial charge in [0.1, 0.15) is 13.2 Å². The molecule has 0 radical (unpaired) electrons. The first-order valence-corrected chi connectivity index (χ1v) is 10.1. The Labute approximate surface area is 179 Å². The van der Waals surface area contributed by atoms with Crippen LogP contribution in [-0.2, 0) is 33.3 Å². The highest BCUT2D eigenvalue weighted by Gasteiger charge is 2.72. The summed E-state index contributed by atoms with van der Waals surface area (Å²) in [7, 11) is 3.10. The molecule has 0 aromatic heterocycles. The molecular weight excluding hydrogens is 410 g/mol. The number of amides is 1. The topological polar surface area (TPSA) is 149 Å². The Morgan fingerprint density at radius 2 is 1.94 bits per heavy atom. The van der Waals surface area contributed by atoms with E-state index in [9.17, 15) is 14.4 Å². The van der Waals surface area contributed by atoms with Gasteiger partial charge in [-0.15, -0.1) is 0 Å². The smallest absolute Gasteiger partial charge is 0.404 e. The van der Waals surface area contributed by atoms with Crippen LogP contribution in [0.5, 0.6) is 0 Å². The highest BCUT2D eigenvalue weighted by Crippen LogP contribution is 2.55. The Morgan fingerprint density at radius 3 is 2.61 bits per heavy atom. The molecule has 4 rings (SSSR count). The summed E-state index contributed by atoms with van der Waals surface area (Å²) in [5, 5.41) is 3.31. The zero-order chi connectivity index (χ0) is 22.3. The molecule has 0 aromatic rings. The van der Waals surface area contributed by atoms with Gasteiger partial charge in [0.25, 0.3) is 0 Å². The first-order valence-electron chi connectivity index (χ1n) is 10.1. The summed E-state index contributed by atoms with van der Waals surface area (Å²) in [6.45, 7) is 3.09. The first-order chi connectivity index (χ1) is 14.9. The number of ketones is 2. The lowest BCUT2D eigenvalue weighted by Gasteiger charge is -2.39. The third-order valence-corrected chi connectivity index (χ3v) is 6.28. The van der Waals surface area contributed by atoms with Gasteiger partial charge in [0, 0.05) is 38.0 Å². The van der Waals surface area contributed by atoms with Crippen molar-refractivity contribution in [1.29, 1.82) is 0 Å². The molecule has 0 bridgehead atoms. The van der Waals surface area contributed by atoms with Crippen molar-refractivity contribution in [3.63, 3.8) is 0 Å². The van der Waals surface area contributed by atoms with Crippen LogP contribution >= 0.6 is 0 Å². The second-order valence-corrected chi connectivity index (χ2v) is 7.83. The maximum absolute atomic E-state index is 13.5. The van der Waals surface area contributed by atoms with Crippen molar-refractivity contribution in [2.45, 2.75) is 24.7 Å². The van der Waals surface area contributed by atoms with E-state index in [0.29, 0.717) is 25.5 Å². The number of nitrogens with zero attached hydrogens (tertiary/aromatic N) is 1. The summed E-state index contributed by atoms with van der Waals surface area (Å²) in [5.74, 6) is -1.42. The van der Waals surface area contributed by atoms with Crippen molar-refractivity contribution in [3.8, 4) is 0 Å². The molecule has 3 aliphatic heterocycles. The highest BCUT2D eigenvalue weighted by molar-refractivity contribution is 6.25. The fraction of sp³-hybridized carbons (Fsp3) is 0.650. The lowest BCUT2D eigenvalue weighted by molar-refractivity contribution is -0.137. The minimum absolute atomic E-state index is 0.0177. The van der Waals surface area contributed by atoms with Gasteiger partial charge in [-0.1, -0.05) is 0 Å². The molecule has 31 heavy (non-hydrogen) atoms. The van der Waals surface area contributed by atoms with Crippen molar-refractivity contribution in [3.05, 3.63) is 22.6 Å². The van der Waals surface area contributed by atoms with Gasteiger partial charge in [0.2, 0.25) is 11.6 Å². The number of fused-ring (bicyclic) bond motifs is 4. The average molecular weight is 437 g/mol. The van der Waals surface area contributed by atoms with Crippen molar-refractivity contribution in [2.75, 3.05) is 53.8 Å². The van der Waals surface area contributed by atoms with Gasteiger partial charge in [-0.05, 0) is 6.92 Å². The number of hydrogen-bond donors (Lipinski definition) is 2. The zero-order valence-electron chi connectivity index (χ0n) is 17.8. The third-order valence-electron chi connectivity index (χ3n) is 6.28. The Morgan fingerprint density at radius 1 is 1.19 bits per heavy atom. The predicted octanol–water partition coefficient (Wildman–Crippen LogP) is -0.930. The molecule has 0 spiro atoms. The number of piperazine rings is 1. The van der Waals surface area contributed by atoms with E-state index in [-0.39, 0.29) is 54.6 Å². The molecule has 0 saturated carbocycles. The highest BCUT2D eigenvalue weighted by atomic mass is 16.6. The molecule has 1 aliphatic carbocycles. The fourth-order valence-corrected chi connectivity index (χ4v) is 4.89. The molecule has 2 fully saturated rings. The van der Waals surface area contributed by atoms with E-state index in [0.717, 1.165) is 0 Å². The lowest BCUT2D eigenvalue weighted by atomic mass is 9.83. The van der Waals surface area contributed by atoms with Crippen LogP contribution in [0, 0.1) is 5.92 Å². The molecule has 1 amide bonds. The Bertz CT molecular complexity index is 868. The normalized spacial score (nSPS) is 31.1. The fourth-order valence-electron chi connectivity index (χ4n) is 4.89. The minimum atomic E-state index is -1.00. The van der Waals surface area contributed by atoms with Crippen LogP contribution in [0.4, 0.5) is 4.79 Å². The second-order valence-electron chi connectivity index (χ2n) is 7.83. The molecule has 4 unspecified atom stereocenters. The molecule has 11 heteroatoms. The van der Waals surface area contributed by atoms with E-state index in [4.69, 9.17) is 29.4 Å². The average Bonchev–Trinajstić information content (AvgIpc) is 3.35. The number of nitrogens with two attached hydrogens (primary N) is 1. The summed E-state index contributed by atoms with van der Waals surface area (Å²) in [4.78, 5) is 39.9. The summed E-state index contributed by atoms with van der Waals surface area (Å²) in [5.41, 5.74) is 4.93. The summed E-state index contributed by atoms with van der Waals surface area (Å²) < 4.78 is 26.9. The maximum atomic E-state index is 13.5. The molecule has 4 atom stereocenters. The van der Waals surface area contributed by atoms with Crippen molar-refractivity contribution >= 4 is 17.7 Å². The number of carbonyl (C=O) groups excluding carboxylic acids is 3. The van der Waals surface area contributed by atoms with Gasteiger partial charge >= 0.3 is 6.09 Å². The summed E-state index contributed by atoms with van der Waals surface area (Å²) in [6, 6.07) is 0.0446. The van der Waals surface area contributed by atoms with Crippen LogP contribution < -0.4 is 11.1 Å². The number of carbonyl (C=O) groups is 3. The lowest BCUT2D eigenvalue weighted by Crippen LogP contribution is -2.55. The van der Waals surface area contributed by atoms with E-state index in [2.05, 4.69) is 5.32 Å². The first kappa shape index (κ1) is 21.8. The van der Waals surface area contributed by atoms with Gasteiger partial charge in [-0.3, -0.25) is 9.59 Å². The monoisotopic (exact) mass is 437 g/mol. The number of methoxy groups -OCH3 is 2. The van der Waals surface area contributed by atoms with Crippen LogP contribution in [0.2, 0.25) is 0 Å². The van der Waals surface area contributed by atoms with Crippen LogP contribution in [-0.4, -0.2) is 94.2 Å². The van der Waals surface area contributed by atoms with Gasteiger partial charge in [-0.25, -0.2) is 4.79 Å². The predicted molar refractivity (Wildman–Crippen MR) is 105 cm³/mol. The van der Waals surface area contributed by atoms with Gasteiger partial charge in [-0.2, -0.15) is 0 Å². The number of primary amides is 1. The molecular formula is C20H27N3O8. The Balaban J connectivity index is 1.59. The Hall–Kier alpha value is -2.47. The SMILES string of the molecule is COCCOCCOC1=C(C)C(=O)C2=C(C1=O)C(COC(N)=O)C1(OC)C3NC3CN21. The van der Waals surface area contributed by atoms with Crippen LogP contribution in [0.1, 0.15) is 6.92 Å². The number of allylic oxidation sites excluding steroid dienone is 2. The number of hydrogen-bond acceptors (Lipinski definition) is 10. The standard InChI is InChI=1S/C20H27N3O8/c1-10-15(24)14-13(16(25)17(10)30-7-6-29-5-4-27-2)11(9-31-19(21)26)20(28-3)18-12(22-18)8-23(14)20/h11-12,18,22H,4-9H2,1-3H3,(H2,21,26). The Kier molecular flexibility index (Phi) is 5.77. The minimum Gasteiger partial charge on any atom is -0.487 e. The molecule has 0 aromatic carbocycles. The quantitative estimate of drug-likeness (QED) is 0.249. The maximum Gasteiger partial charge on any atom is 0.404 e. The molecule has 11 nitrogen and oxygen atoms in total. The molecule has 4 aliphatic rings. The van der Waals surface area contributed by atoms with Crippen molar-refractivity contribution < 1.29 is 38.1 Å². The molecule has 3 heterocycles. The summed E-state index contributed by atoms with van der Waals surface area (Å²) in [6.07, 6.45) is -0.962. The molecule has 170 valence electrons. The number of ether oxygens (including phenoxy) is 5. The van der Waals surface area contributed by atoms with Gasteiger partial charge < -0.3 is 39.6 Å². The largest absolute Gasteiger partial charge is 0.487 e. The number of nitrogens with one attached hydrogen (secondary N) is 1. The van der Waals surface area contributed by atoms with E-state index in [1.807, 2.05) is 4.90 Å². The van der Waals surface area contributed by atoms with Crippen LogP contribution in [0.3, 0.4) is 0 Å². The third kappa shape index (κ3) is 3.32. The van der Waals surface area contributed by atoms with E-state index < -0.39 is 23.5 Å². The zero-order valence-corrected chi connectivity index (χ0v) is 17.8. The molecule has 3 N–H and O–H groups in total. The van der Waals surface area contributed by atoms with E-state index >= 15 is 0 Å². The number of rotatable bonds is 10.